The van der Waals surface area contributed by atoms with Gasteiger partial charge in [0.15, 0.2) is 0 Å². The molecule has 1 atom stereocenters. The molecular formula is C14H28N2O3. The van der Waals surface area contributed by atoms with E-state index >= 15 is 0 Å². The minimum absolute atomic E-state index is 0.207. The smallest absolute Gasteiger partial charge is 0.224 e. The van der Waals surface area contributed by atoms with Crippen molar-refractivity contribution in [3.63, 3.8) is 0 Å². The third-order valence-corrected chi connectivity index (χ3v) is 3.36. The number of amides is 1. The second-order valence-corrected chi connectivity index (χ2v) is 4.77. The highest BCUT2D eigenvalue weighted by Crippen LogP contribution is 2.10. The van der Waals surface area contributed by atoms with E-state index in [1.807, 2.05) is 18.7 Å². The SMILES string of the molecule is CCOCCN(CCOCC)C(=O)CC1CCCN1. The Kier molecular flexibility index (Phi) is 8.79. The molecule has 1 aliphatic rings. The molecule has 1 heterocycles. The van der Waals surface area contributed by atoms with Crippen LogP contribution >= 0.6 is 0 Å². The minimum Gasteiger partial charge on any atom is -0.380 e. The maximum atomic E-state index is 12.3. The second-order valence-electron chi connectivity index (χ2n) is 4.77. The molecule has 0 spiro atoms. The van der Waals surface area contributed by atoms with Crippen molar-refractivity contribution in [2.75, 3.05) is 46.1 Å². The van der Waals surface area contributed by atoms with Gasteiger partial charge in [0.05, 0.1) is 13.2 Å². The first-order valence-electron chi connectivity index (χ1n) is 7.44. The van der Waals surface area contributed by atoms with Crippen molar-refractivity contribution in [3.05, 3.63) is 0 Å². The van der Waals surface area contributed by atoms with Crippen LogP contribution in [0.3, 0.4) is 0 Å². The van der Waals surface area contributed by atoms with Gasteiger partial charge in [-0.25, -0.2) is 0 Å². The van der Waals surface area contributed by atoms with Gasteiger partial charge >= 0.3 is 0 Å². The fraction of sp³-hybridized carbons (Fsp3) is 0.929. The summed E-state index contributed by atoms with van der Waals surface area (Å²) in [7, 11) is 0. The Balaban J connectivity index is 2.33. The van der Waals surface area contributed by atoms with Crippen LogP contribution in [0.15, 0.2) is 0 Å². The topological polar surface area (TPSA) is 50.8 Å². The zero-order valence-corrected chi connectivity index (χ0v) is 12.3. The van der Waals surface area contributed by atoms with Crippen molar-refractivity contribution in [2.24, 2.45) is 0 Å². The summed E-state index contributed by atoms with van der Waals surface area (Å²) in [5, 5.41) is 3.37. The lowest BCUT2D eigenvalue weighted by Crippen LogP contribution is -2.39. The number of rotatable bonds is 10. The predicted molar refractivity (Wildman–Crippen MR) is 75.2 cm³/mol. The van der Waals surface area contributed by atoms with E-state index < -0.39 is 0 Å². The van der Waals surface area contributed by atoms with Gasteiger partial charge in [-0.15, -0.1) is 0 Å². The third-order valence-electron chi connectivity index (χ3n) is 3.36. The molecular weight excluding hydrogens is 244 g/mol. The summed E-state index contributed by atoms with van der Waals surface area (Å²) in [6.07, 6.45) is 2.88. The summed E-state index contributed by atoms with van der Waals surface area (Å²) >= 11 is 0. The molecule has 0 aliphatic carbocycles. The van der Waals surface area contributed by atoms with Crippen LogP contribution in [-0.2, 0) is 14.3 Å². The first-order chi connectivity index (χ1) is 9.27. The molecule has 5 nitrogen and oxygen atoms in total. The van der Waals surface area contributed by atoms with Gasteiger partial charge < -0.3 is 19.7 Å². The van der Waals surface area contributed by atoms with Gasteiger partial charge in [0.2, 0.25) is 5.91 Å². The summed E-state index contributed by atoms with van der Waals surface area (Å²) in [5.41, 5.74) is 0. The van der Waals surface area contributed by atoms with E-state index in [4.69, 9.17) is 9.47 Å². The molecule has 1 N–H and O–H groups in total. The third kappa shape index (κ3) is 6.89. The van der Waals surface area contributed by atoms with E-state index in [-0.39, 0.29) is 5.91 Å². The fourth-order valence-electron chi connectivity index (χ4n) is 2.27. The number of nitrogens with one attached hydrogen (secondary N) is 1. The highest BCUT2D eigenvalue weighted by Gasteiger charge is 2.21. The van der Waals surface area contributed by atoms with E-state index in [0.29, 0.717) is 52.0 Å². The van der Waals surface area contributed by atoms with Crippen molar-refractivity contribution >= 4 is 5.91 Å². The molecule has 19 heavy (non-hydrogen) atoms. The molecule has 0 aromatic rings. The average molecular weight is 272 g/mol. The largest absolute Gasteiger partial charge is 0.380 e. The maximum absolute atomic E-state index is 12.3. The standard InChI is InChI=1S/C14H28N2O3/c1-3-18-10-8-16(9-11-19-4-2)14(17)12-13-6-5-7-15-13/h13,15H,3-12H2,1-2H3. The van der Waals surface area contributed by atoms with Crippen LogP contribution in [0, 0.1) is 0 Å². The zero-order valence-electron chi connectivity index (χ0n) is 12.3. The van der Waals surface area contributed by atoms with E-state index in [2.05, 4.69) is 5.32 Å². The van der Waals surface area contributed by atoms with Crippen LogP contribution in [0.4, 0.5) is 0 Å². The summed E-state index contributed by atoms with van der Waals surface area (Å²) in [6, 6.07) is 0.356. The molecule has 5 heteroatoms. The Morgan fingerprint density at radius 3 is 2.32 bits per heavy atom. The van der Waals surface area contributed by atoms with Gasteiger partial charge in [-0.05, 0) is 33.2 Å². The Hall–Kier alpha value is -0.650. The van der Waals surface area contributed by atoms with E-state index in [9.17, 15) is 4.79 Å². The molecule has 0 aromatic heterocycles. The number of carbonyl (C=O) groups excluding carboxylic acids is 1. The molecule has 1 rings (SSSR count). The van der Waals surface area contributed by atoms with Crippen molar-refractivity contribution in [2.45, 2.75) is 39.2 Å². The zero-order chi connectivity index (χ0) is 13.9. The highest BCUT2D eigenvalue weighted by molar-refractivity contribution is 5.76. The van der Waals surface area contributed by atoms with Crippen LogP contribution in [-0.4, -0.2) is 62.9 Å². The summed E-state index contributed by atoms with van der Waals surface area (Å²) in [4.78, 5) is 14.1. The van der Waals surface area contributed by atoms with Crippen molar-refractivity contribution in [1.29, 1.82) is 0 Å². The van der Waals surface area contributed by atoms with Crippen LogP contribution in [0.5, 0.6) is 0 Å². The lowest BCUT2D eigenvalue weighted by atomic mass is 10.1. The first-order valence-corrected chi connectivity index (χ1v) is 7.44. The molecule has 1 fully saturated rings. The Labute approximate surface area is 116 Å². The number of carbonyl (C=O) groups is 1. The van der Waals surface area contributed by atoms with Crippen LogP contribution in [0.1, 0.15) is 33.1 Å². The van der Waals surface area contributed by atoms with Crippen molar-refractivity contribution in [1.82, 2.24) is 10.2 Å². The van der Waals surface area contributed by atoms with E-state index in [1.165, 1.54) is 6.42 Å². The molecule has 1 saturated heterocycles. The van der Waals surface area contributed by atoms with Gasteiger partial charge in [-0.2, -0.15) is 0 Å². The van der Waals surface area contributed by atoms with Crippen LogP contribution < -0.4 is 5.32 Å². The van der Waals surface area contributed by atoms with Gasteiger partial charge in [-0.3, -0.25) is 4.79 Å². The molecule has 1 unspecified atom stereocenters. The monoisotopic (exact) mass is 272 g/mol. The van der Waals surface area contributed by atoms with Crippen LogP contribution in [0.2, 0.25) is 0 Å². The second kappa shape index (κ2) is 10.2. The molecule has 0 aromatic carbocycles. The first kappa shape index (κ1) is 16.4. The molecule has 1 aliphatic heterocycles. The molecule has 0 saturated carbocycles. The van der Waals surface area contributed by atoms with Gasteiger partial charge in [0.1, 0.15) is 0 Å². The van der Waals surface area contributed by atoms with Gasteiger partial charge in [-0.1, -0.05) is 0 Å². The van der Waals surface area contributed by atoms with Crippen LogP contribution in [0.25, 0.3) is 0 Å². The lowest BCUT2D eigenvalue weighted by molar-refractivity contribution is -0.133. The number of hydrogen-bond donors (Lipinski definition) is 1. The van der Waals surface area contributed by atoms with E-state index in [1.54, 1.807) is 0 Å². The molecule has 0 bridgehead atoms. The van der Waals surface area contributed by atoms with Gasteiger partial charge in [0, 0.05) is 38.8 Å². The van der Waals surface area contributed by atoms with Crippen molar-refractivity contribution < 1.29 is 14.3 Å². The maximum Gasteiger partial charge on any atom is 0.224 e. The van der Waals surface area contributed by atoms with Crippen molar-refractivity contribution in [3.8, 4) is 0 Å². The predicted octanol–water partition coefficient (Wildman–Crippen LogP) is 1.03. The molecule has 1 amide bonds. The normalized spacial score (nSPS) is 18.7. The fourth-order valence-corrected chi connectivity index (χ4v) is 2.27. The lowest BCUT2D eigenvalue weighted by Gasteiger charge is -2.24. The highest BCUT2D eigenvalue weighted by atomic mass is 16.5. The minimum atomic E-state index is 0.207. The van der Waals surface area contributed by atoms with Gasteiger partial charge in [0.25, 0.3) is 0 Å². The molecule has 0 radical (unpaired) electrons. The summed E-state index contributed by atoms with van der Waals surface area (Å²) in [5.74, 6) is 0.207. The summed E-state index contributed by atoms with van der Waals surface area (Å²) < 4.78 is 10.7. The Morgan fingerprint density at radius 2 is 1.84 bits per heavy atom. The Bertz CT molecular complexity index is 233. The Morgan fingerprint density at radius 1 is 1.21 bits per heavy atom. The number of nitrogens with zero attached hydrogens (tertiary/aromatic N) is 1. The number of ether oxygens (including phenoxy) is 2. The number of hydrogen-bond acceptors (Lipinski definition) is 4. The quantitative estimate of drug-likeness (QED) is 0.604. The summed E-state index contributed by atoms with van der Waals surface area (Å²) in [6.45, 7) is 8.88. The average Bonchev–Trinajstić information content (AvgIpc) is 2.90. The van der Waals surface area contributed by atoms with E-state index in [0.717, 1.165) is 13.0 Å². The molecule has 112 valence electrons.